The number of nitrogens with one attached hydrogen (secondary N) is 2. The zero-order chi connectivity index (χ0) is 29.1. The van der Waals surface area contributed by atoms with Crippen LogP contribution in [0.3, 0.4) is 0 Å². The Morgan fingerprint density at radius 1 is 1.10 bits per heavy atom. The van der Waals surface area contributed by atoms with Gasteiger partial charge in [0.2, 0.25) is 6.43 Å². The SMILES string of the molecule is COc1cc(F)c([C@H]2C(NC(=O)N[C@H]3CC[C@H](C(F)F)CC3)C(=O)N(c3ncccc3OC(C)C)[C@H]2C)c(F)c1. The summed E-state index contributed by atoms with van der Waals surface area (Å²) in [4.78, 5) is 32.5. The lowest BCUT2D eigenvalue weighted by Crippen LogP contribution is -2.51. The average Bonchev–Trinajstić information content (AvgIpc) is 3.12. The number of carbonyl (C=O) groups is 2. The number of benzene rings is 1. The van der Waals surface area contributed by atoms with Crippen molar-refractivity contribution >= 4 is 17.8 Å². The van der Waals surface area contributed by atoms with E-state index < -0.39 is 53.9 Å². The molecule has 2 N–H and O–H groups in total. The van der Waals surface area contributed by atoms with Gasteiger partial charge < -0.3 is 20.1 Å². The Hall–Kier alpha value is -3.57. The highest BCUT2D eigenvalue weighted by atomic mass is 19.3. The molecule has 218 valence electrons. The molecule has 2 aromatic rings. The van der Waals surface area contributed by atoms with Crippen molar-refractivity contribution < 1.29 is 36.6 Å². The van der Waals surface area contributed by atoms with Gasteiger partial charge in [0, 0.05) is 47.8 Å². The summed E-state index contributed by atoms with van der Waals surface area (Å²) >= 11 is 0. The topological polar surface area (TPSA) is 92.8 Å². The van der Waals surface area contributed by atoms with Crippen LogP contribution in [-0.2, 0) is 4.79 Å². The summed E-state index contributed by atoms with van der Waals surface area (Å²) in [5.41, 5.74) is -0.380. The van der Waals surface area contributed by atoms with E-state index in [1.54, 1.807) is 32.9 Å². The Morgan fingerprint density at radius 3 is 2.33 bits per heavy atom. The molecule has 3 amide bonds. The van der Waals surface area contributed by atoms with Crippen molar-refractivity contribution in [2.24, 2.45) is 5.92 Å². The van der Waals surface area contributed by atoms with Gasteiger partial charge in [0.05, 0.1) is 13.2 Å². The van der Waals surface area contributed by atoms with Gasteiger partial charge in [0.1, 0.15) is 23.4 Å². The third kappa shape index (κ3) is 6.10. The molecule has 1 aliphatic heterocycles. The van der Waals surface area contributed by atoms with Crippen LogP contribution in [0, 0.1) is 17.6 Å². The van der Waals surface area contributed by atoms with E-state index in [0.717, 1.165) is 12.1 Å². The molecular weight excluding hydrogens is 532 g/mol. The third-order valence-corrected chi connectivity index (χ3v) is 7.50. The highest BCUT2D eigenvalue weighted by Gasteiger charge is 2.51. The number of methoxy groups -OCH3 is 1. The number of urea groups is 1. The smallest absolute Gasteiger partial charge is 0.315 e. The first-order chi connectivity index (χ1) is 19.0. The lowest BCUT2D eigenvalue weighted by atomic mass is 9.86. The Labute approximate surface area is 230 Å². The van der Waals surface area contributed by atoms with Crippen molar-refractivity contribution in [3.63, 3.8) is 0 Å². The second-order valence-corrected chi connectivity index (χ2v) is 10.5. The summed E-state index contributed by atoms with van der Waals surface area (Å²) < 4.78 is 67.5. The number of alkyl halides is 2. The number of amides is 3. The molecule has 0 bridgehead atoms. The van der Waals surface area contributed by atoms with Crippen molar-refractivity contribution in [2.45, 2.75) is 83.0 Å². The predicted octanol–water partition coefficient (Wildman–Crippen LogP) is 5.17. The van der Waals surface area contributed by atoms with E-state index in [9.17, 15) is 18.4 Å². The van der Waals surface area contributed by atoms with Gasteiger partial charge in [0.25, 0.3) is 5.91 Å². The largest absolute Gasteiger partial charge is 0.497 e. The van der Waals surface area contributed by atoms with Crippen LogP contribution in [0.5, 0.6) is 11.5 Å². The summed E-state index contributed by atoms with van der Waals surface area (Å²) in [5.74, 6) is -3.93. The first kappa shape index (κ1) is 29.4. The molecule has 8 nitrogen and oxygen atoms in total. The van der Waals surface area contributed by atoms with Crippen molar-refractivity contribution in [1.29, 1.82) is 0 Å². The summed E-state index contributed by atoms with van der Waals surface area (Å²) in [7, 11) is 1.28. The average molecular weight is 567 g/mol. The number of pyridine rings is 1. The fourth-order valence-corrected chi connectivity index (χ4v) is 5.59. The number of anilines is 1. The lowest BCUT2D eigenvalue weighted by Gasteiger charge is -2.29. The van der Waals surface area contributed by atoms with Gasteiger partial charge >= 0.3 is 6.03 Å². The van der Waals surface area contributed by atoms with Crippen LogP contribution >= 0.6 is 0 Å². The minimum atomic E-state index is -2.41. The number of aromatic nitrogens is 1. The molecule has 1 saturated heterocycles. The minimum absolute atomic E-state index is 0.0356. The molecule has 1 aliphatic carbocycles. The van der Waals surface area contributed by atoms with Gasteiger partial charge in [0.15, 0.2) is 11.6 Å². The second-order valence-electron chi connectivity index (χ2n) is 10.5. The Morgan fingerprint density at radius 2 is 1.75 bits per heavy atom. The van der Waals surface area contributed by atoms with Crippen molar-refractivity contribution in [2.75, 3.05) is 12.0 Å². The summed E-state index contributed by atoms with van der Waals surface area (Å²) in [6.45, 7) is 5.23. The first-order valence-electron chi connectivity index (χ1n) is 13.3. The molecule has 0 spiro atoms. The fourth-order valence-electron chi connectivity index (χ4n) is 5.59. The Kier molecular flexibility index (Phi) is 9.05. The molecule has 2 aliphatic rings. The number of nitrogens with zero attached hydrogens (tertiary/aromatic N) is 2. The standard InChI is InChI=1S/C28H34F4N4O4/c1-14(2)40-21-6-5-11-33-26(21)36-15(3)22(23-19(29)12-18(39-4)13-20(23)30)24(27(36)37)35-28(38)34-17-9-7-16(8-10-17)25(31)32/h5-6,11-17,22,24-25H,7-10H2,1-4H3,(H2,34,35,38)/t15-,16-,17-,22-,24?/m0/s1. The Balaban J connectivity index is 1.66. The van der Waals surface area contributed by atoms with Crippen LogP contribution in [0.4, 0.5) is 28.2 Å². The Bertz CT molecular complexity index is 1200. The van der Waals surface area contributed by atoms with Crippen LogP contribution in [0.25, 0.3) is 0 Å². The van der Waals surface area contributed by atoms with E-state index >= 15 is 8.78 Å². The quantitative estimate of drug-likeness (QED) is 0.431. The molecular formula is C28H34F4N4O4. The molecule has 40 heavy (non-hydrogen) atoms. The maximum absolute atomic E-state index is 15.3. The number of carbonyl (C=O) groups excluding carboxylic acids is 2. The van der Waals surface area contributed by atoms with Gasteiger partial charge in [-0.1, -0.05) is 0 Å². The fraction of sp³-hybridized carbons (Fsp3) is 0.536. The zero-order valence-corrected chi connectivity index (χ0v) is 22.8. The van der Waals surface area contributed by atoms with E-state index in [1.807, 2.05) is 0 Å². The summed E-state index contributed by atoms with van der Waals surface area (Å²) in [6.07, 6.45) is 0.0531. The maximum Gasteiger partial charge on any atom is 0.315 e. The first-order valence-corrected chi connectivity index (χ1v) is 13.3. The van der Waals surface area contributed by atoms with Crippen LogP contribution in [0.1, 0.15) is 57.9 Å². The van der Waals surface area contributed by atoms with Crippen molar-refractivity contribution in [3.05, 3.63) is 47.7 Å². The van der Waals surface area contributed by atoms with Crippen LogP contribution < -0.4 is 25.0 Å². The van der Waals surface area contributed by atoms with Crippen LogP contribution in [-0.4, -0.2) is 54.7 Å². The minimum Gasteiger partial charge on any atom is -0.497 e. The number of rotatable bonds is 8. The van der Waals surface area contributed by atoms with Crippen LogP contribution in [0.2, 0.25) is 0 Å². The summed E-state index contributed by atoms with van der Waals surface area (Å²) in [6, 6.07) is 2.00. The zero-order valence-electron chi connectivity index (χ0n) is 22.8. The van der Waals surface area contributed by atoms with E-state index in [0.29, 0.717) is 18.6 Å². The van der Waals surface area contributed by atoms with E-state index in [1.165, 1.54) is 18.2 Å². The van der Waals surface area contributed by atoms with E-state index in [4.69, 9.17) is 9.47 Å². The molecule has 1 saturated carbocycles. The van der Waals surface area contributed by atoms with Gasteiger partial charge in [-0.25, -0.2) is 27.3 Å². The normalized spacial score (nSPS) is 24.9. The number of hydrogen-bond acceptors (Lipinski definition) is 5. The highest BCUT2D eigenvalue weighted by molar-refractivity contribution is 6.03. The van der Waals surface area contributed by atoms with E-state index in [-0.39, 0.29) is 42.1 Å². The third-order valence-electron chi connectivity index (χ3n) is 7.50. The second kappa shape index (κ2) is 12.3. The molecule has 4 rings (SSSR count). The van der Waals surface area contributed by atoms with E-state index in [2.05, 4.69) is 15.6 Å². The monoisotopic (exact) mass is 566 g/mol. The molecule has 0 radical (unpaired) electrons. The number of ether oxygens (including phenoxy) is 2. The van der Waals surface area contributed by atoms with Gasteiger partial charge in [-0.2, -0.15) is 0 Å². The van der Waals surface area contributed by atoms with Crippen LogP contribution in [0.15, 0.2) is 30.5 Å². The summed E-state index contributed by atoms with van der Waals surface area (Å²) in [5, 5.41) is 5.35. The maximum atomic E-state index is 15.3. The molecule has 1 aromatic heterocycles. The number of halogens is 4. The van der Waals surface area contributed by atoms with Crippen molar-refractivity contribution in [3.8, 4) is 11.5 Å². The molecule has 1 unspecified atom stereocenters. The van der Waals surface area contributed by atoms with Gasteiger partial charge in [-0.3, -0.25) is 9.69 Å². The van der Waals surface area contributed by atoms with Gasteiger partial charge in [-0.05, 0) is 58.6 Å². The van der Waals surface area contributed by atoms with Crippen molar-refractivity contribution in [1.82, 2.24) is 15.6 Å². The van der Waals surface area contributed by atoms with Gasteiger partial charge in [-0.15, -0.1) is 0 Å². The molecule has 2 heterocycles. The molecule has 2 fully saturated rings. The number of hydrogen-bond donors (Lipinski definition) is 2. The predicted molar refractivity (Wildman–Crippen MR) is 140 cm³/mol. The molecule has 3 atom stereocenters. The highest BCUT2D eigenvalue weighted by Crippen LogP contribution is 2.42. The molecule has 1 aromatic carbocycles. The lowest BCUT2D eigenvalue weighted by molar-refractivity contribution is -0.118. The molecule has 12 heteroatoms.